The molecule has 1 heterocycles. The number of benzene rings is 3. The van der Waals surface area contributed by atoms with Crippen molar-refractivity contribution in [2.75, 3.05) is 25.0 Å². The number of piperidine rings is 1. The number of rotatable bonds is 5. The molecule has 1 aliphatic heterocycles. The standard InChI is InChI=1S/C28H24N2O5/c31-26(30-13-22-23(14-30)25(22)27(32)33)16-9-11-17(12-10-16)29-28(34)35-15-24-20-7-3-1-5-18(20)19-6-2-4-8-21(19)24/h1-12,22-25H,13-15H2,(H,29,34)(H,32,33)/t22-,23+,25?. The fourth-order valence-corrected chi connectivity index (χ4v) is 5.69. The van der Waals surface area contributed by atoms with Crippen molar-refractivity contribution in [1.82, 2.24) is 4.90 Å². The Balaban J connectivity index is 1.05. The van der Waals surface area contributed by atoms with Gasteiger partial charge in [0, 0.05) is 30.3 Å². The van der Waals surface area contributed by atoms with E-state index in [-0.39, 0.29) is 36.2 Å². The lowest BCUT2D eigenvalue weighted by molar-refractivity contribution is -0.139. The van der Waals surface area contributed by atoms with Gasteiger partial charge in [-0.3, -0.25) is 14.9 Å². The lowest BCUT2D eigenvalue weighted by Gasteiger charge is -2.19. The quantitative estimate of drug-likeness (QED) is 0.577. The van der Waals surface area contributed by atoms with Gasteiger partial charge >= 0.3 is 12.1 Å². The molecule has 6 rings (SSSR count). The second kappa shape index (κ2) is 8.27. The van der Waals surface area contributed by atoms with E-state index < -0.39 is 12.1 Å². The molecule has 3 aliphatic rings. The molecule has 3 aromatic carbocycles. The van der Waals surface area contributed by atoms with Gasteiger partial charge in [-0.2, -0.15) is 0 Å². The maximum atomic E-state index is 12.7. The van der Waals surface area contributed by atoms with Gasteiger partial charge in [0.2, 0.25) is 0 Å². The zero-order chi connectivity index (χ0) is 24.1. The first-order valence-electron chi connectivity index (χ1n) is 11.8. The first kappa shape index (κ1) is 21.4. The van der Waals surface area contributed by atoms with Crippen molar-refractivity contribution in [1.29, 1.82) is 0 Å². The summed E-state index contributed by atoms with van der Waals surface area (Å²) in [6, 6.07) is 23.0. The van der Waals surface area contributed by atoms with Gasteiger partial charge in [-0.25, -0.2) is 4.79 Å². The number of anilines is 1. The molecule has 0 aromatic heterocycles. The zero-order valence-corrected chi connectivity index (χ0v) is 18.9. The summed E-state index contributed by atoms with van der Waals surface area (Å²) in [4.78, 5) is 38.1. The van der Waals surface area contributed by atoms with Crippen LogP contribution in [0.3, 0.4) is 0 Å². The minimum absolute atomic E-state index is 0.0134. The van der Waals surface area contributed by atoms with Crippen LogP contribution in [0.1, 0.15) is 27.4 Å². The highest BCUT2D eigenvalue weighted by Gasteiger charge is 2.60. The summed E-state index contributed by atoms with van der Waals surface area (Å²) in [5, 5.41) is 11.9. The van der Waals surface area contributed by atoms with Gasteiger partial charge in [0.1, 0.15) is 6.61 Å². The largest absolute Gasteiger partial charge is 0.481 e. The highest BCUT2D eigenvalue weighted by Crippen LogP contribution is 2.52. The first-order valence-corrected chi connectivity index (χ1v) is 11.8. The van der Waals surface area contributed by atoms with E-state index in [0.717, 1.165) is 11.1 Å². The number of fused-ring (bicyclic) bond motifs is 4. The second-order valence-corrected chi connectivity index (χ2v) is 9.43. The normalized spacial score (nSPS) is 21.6. The van der Waals surface area contributed by atoms with E-state index in [4.69, 9.17) is 9.84 Å². The van der Waals surface area contributed by atoms with E-state index in [9.17, 15) is 14.4 Å². The molecule has 2 aliphatic carbocycles. The van der Waals surface area contributed by atoms with Crippen LogP contribution in [0.5, 0.6) is 0 Å². The molecule has 176 valence electrons. The number of carboxylic acid groups (broad SMARTS) is 1. The summed E-state index contributed by atoms with van der Waals surface area (Å²) in [5.41, 5.74) is 5.69. The second-order valence-electron chi connectivity index (χ2n) is 9.43. The van der Waals surface area contributed by atoms with Gasteiger partial charge in [0.25, 0.3) is 5.91 Å². The minimum atomic E-state index is -0.768. The van der Waals surface area contributed by atoms with Crippen LogP contribution in [0.4, 0.5) is 10.5 Å². The van der Waals surface area contributed by atoms with E-state index >= 15 is 0 Å². The Labute approximate surface area is 202 Å². The molecule has 2 N–H and O–H groups in total. The van der Waals surface area contributed by atoms with Crippen LogP contribution in [-0.4, -0.2) is 47.7 Å². The van der Waals surface area contributed by atoms with Crippen LogP contribution >= 0.6 is 0 Å². The number of carbonyl (C=O) groups is 3. The number of amides is 2. The maximum Gasteiger partial charge on any atom is 0.411 e. The molecule has 1 unspecified atom stereocenters. The predicted molar refractivity (Wildman–Crippen MR) is 129 cm³/mol. The average molecular weight is 469 g/mol. The highest BCUT2D eigenvalue weighted by molar-refractivity contribution is 5.95. The third kappa shape index (κ3) is 3.73. The number of carbonyl (C=O) groups excluding carboxylic acids is 2. The highest BCUT2D eigenvalue weighted by atomic mass is 16.5. The molecule has 7 heteroatoms. The van der Waals surface area contributed by atoms with Crippen molar-refractivity contribution in [2.24, 2.45) is 17.8 Å². The van der Waals surface area contributed by atoms with Crippen molar-refractivity contribution in [2.45, 2.75) is 5.92 Å². The van der Waals surface area contributed by atoms with E-state index in [1.165, 1.54) is 11.1 Å². The minimum Gasteiger partial charge on any atom is -0.481 e. The average Bonchev–Trinajstić information content (AvgIpc) is 3.23. The van der Waals surface area contributed by atoms with Crippen LogP contribution in [0, 0.1) is 17.8 Å². The molecule has 2 amide bonds. The van der Waals surface area contributed by atoms with Crippen LogP contribution in [0.2, 0.25) is 0 Å². The number of likely N-dealkylation sites (tertiary alicyclic amines) is 1. The molecule has 0 spiro atoms. The molecule has 7 nitrogen and oxygen atoms in total. The summed E-state index contributed by atoms with van der Waals surface area (Å²) in [7, 11) is 0. The summed E-state index contributed by atoms with van der Waals surface area (Å²) >= 11 is 0. The van der Waals surface area contributed by atoms with Crippen molar-refractivity contribution >= 4 is 23.7 Å². The Hall–Kier alpha value is -4.13. The summed E-state index contributed by atoms with van der Waals surface area (Å²) in [5.74, 6) is -1.05. The summed E-state index contributed by atoms with van der Waals surface area (Å²) in [6.45, 7) is 1.20. The molecule has 1 saturated carbocycles. The number of hydrogen-bond donors (Lipinski definition) is 2. The van der Waals surface area contributed by atoms with E-state index in [1.54, 1.807) is 29.2 Å². The van der Waals surface area contributed by atoms with Crippen LogP contribution in [0.15, 0.2) is 72.8 Å². The molecule has 3 atom stereocenters. The van der Waals surface area contributed by atoms with Crippen molar-refractivity contribution < 1.29 is 24.2 Å². The van der Waals surface area contributed by atoms with E-state index in [2.05, 4.69) is 29.6 Å². The van der Waals surface area contributed by atoms with Gasteiger partial charge < -0.3 is 14.7 Å². The van der Waals surface area contributed by atoms with Crippen LogP contribution in [-0.2, 0) is 9.53 Å². The molecule has 1 saturated heterocycles. The fraction of sp³-hybridized carbons (Fsp3) is 0.250. The molecular formula is C28H24N2O5. The zero-order valence-electron chi connectivity index (χ0n) is 18.9. The number of nitrogens with zero attached hydrogens (tertiary/aromatic N) is 1. The van der Waals surface area contributed by atoms with Gasteiger partial charge in [-0.05, 0) is 58.4 Å². The van der Waals surface area contributed by atoms with Gasteiger partial charge in [0.15, 0.2) is 0 Å². The fourth-order valence-electron chi connectivity index (χ4n) is 5.69. The van der Waals surface area contributed by atoms with Crippen molar-refractivity contribution in [3.8, 4) is 11.1 Å². The first-order chi connectivity index (χ1) is 17.0. The molecule has 2 fully saturated rings. The molecule has 35 heavy (non-hydrogen) atoms. The van der Waals surface area contributed by atoms with Crippen LogP contribution in [0.25, 0.3) is 11.1 Å². The van der Waals surface area contributed by atoms with E-state index in [0.29, 0.717) is 24.3 Å². The Morgan fingerprint density at radius 2 is 1.43 bits per heavy atom. The smallest absolute Gasteiger partial charge is 0.411 e. The molecule has 0 radical (unpaired) electrons. The number of ether oxygens (including phenoxy) is 1. The number of hydrogen-bond acceptors (Lipinski definition) is 4. The van der Waals surface area contributed by atoms with Crippen molar-refractivity contribution in [3.63, 3.8) is 0 Å². The van der Waals surface area contributed by atoms with E-state index in [1.807, 2.05) is 24.3 Å². The molecule has 3 aromatic rings. The third-order valence-corrected chi connectivity index (χ3v) is 7.49. The number of nitrogens with one attached hydrogen (secondary N) is 1. The number of aliphatic carboxylic acids is 1. The summed E-state index contributed by atoms with van der Waals surface area (Å²) < 4.78 is 5.58. The van der Waals surface area contributed by atoms with Gasteiger partial charge in [0.05, 0.1) is 5.92 Å². The predicted octanol–water partition coefficient (Wildman–Crippen LogP) is 4.45. The third-order valence-electron chi connectivity index (χ3n) is 7.49. The topological polar surface area (TPSA) is 95.9 Å². The Bertz CT molecular complexity index is 1280. The van der Waals surface area contributed by atoms with Gasteiger partial charge in [-0.15, -0.1) is 0 Å². The lowest BCUT2D eigenvalue weighted by Crippen LogP contribution is -2.32. The van der Waals surface area contributed by atoms with Crippen molar-refractivity contribution in [3.05, 3.63) is 89.5 Å². The lowest BCUT2D eigenvalue weighted by atomic mass is 9.98. The Kier molecular flexibility index (Phi) is 5.06. The number of carboxylic acids is 1. The SMILES string of the molecule is O=C(Nc1ccc(C(=O)N2C[C@@H]3C(C(=O)O)[C@@H]3C2)cc1)OCC1c2ccccc2-c2ccccc21. The monoisotopic (exact) mass is 468 g/mol. The summed E-state index contributed by atoms with van der Waals surface area (Å²) in [6.07, 6.45) is -0.551. The maximum absolute atomic E-state index is 12.7. The Morgan fingerprint density at radius 1 is 0.857 bits per heavy atom. The Morgan fingerprint density at radius 3 is 2.00 bits per heavy atom. The molecular weight excluding hydrogens is 444 g/mol. The van der Waals surface area contributed by atoms with Gasteiger partial charge in [-0.1, -0.05) is 48.5 Å². The van der Waals surface area contributed by atoms with Crippen LogP contribution < -0.4 is 5.32 Å². The molecule has 0 bridgehead atoms.